The third-order valence-electron chi connectivity index (χ3n) is 2.97. The number of rotatable bonds is 2. The molecule has 0 radical (unpaired) electrons. The maximum atomic E-state index is 8.84. The first-order chi connectivity index (χ1) is 8.78. The molecule has 3 rings (SSSR count). The van der Waals surface area contributed by atoms with Crippen molar-refractivity contribution in [3.05, 3.63) is 23.5 Å². The number of hydrogen-bond donors (Lipinski definition) is 2. The Hall–Kier alpha value is -2.55. The minimum absolute atomic E-state index is 0.341. The van der Waals surface area contributed by atoms with Crippen molar-refractivity contribution < 1.29 is 0 Å². The van der Waals surface area contributed by atoms with Gasteiger partial charge in [-0.05, 0) is 19.1 Å². The first kappa shape index (κ1) is 10.6. The predicted molar refractivity (Wildman–Crippen MR) is 69.2 cm³/mol. The monoisotopic (exact) mass is 240 g/mol. The first-order valence-electron chi connectivity index (χ1n) is 5.70. The molecular formula is C12H12N6. The Balaban J connectivity index is 2.00. The van der Waals surface area contributed by atoms with E-state index in [9.17, 15) is 0 Å². The number of aliphatic imine (C=N–C) groups is 1. The SMILES string of the molecule is Cc1c(NN2C=NCC2)ccc2[nH]c(C#N)nc12. The van der Waals surface area contributed by atoms with E-state index < -0.39 is 0 Å². The van der Waals surface area contributed by atoms with Crippen LogP contribution in [0.3, 0.4) is 0 Å². The number of anilines is 1. The van der Waals surface area contributed by atoms with Crippen molar-refractivity contribution in [2.45, 2.75) is 6.92 Å². The van der Waals surface area contributed by atoms with E-state index >= 15 is 0 Å². The summed E-state index contributed by atoms with van der Waals surface area (Å²) in [6.45, 7) is 3.66. The summed E-state index contributed by atoms with van der Waals surface area (Å²) in [7, 11) is 0. The Morgan fingerprint density at radius 3 is 3.11 bits per heavy atom. The van der Waals surface area contributed by atoms with Crippen LogP contribution in [0.4, 0.5) is 5.69 Å². The molecule has 0 saturated carbocycles. The molecule has 1 aliphatic heterocycles. The number of aryl methyl sites for hydroxylation is 1. The minimum Gasteiger partial charge on any atom is -0.329 e. The van der Waals surface area contributed by atoms with Crippen molar-refractivity contribution >= 4 is 23.1 Å². The number of H-pyrrole nitrogens is 1. The Morgan fingerprint density at radius 1 is 1.50 bits per heavy atom. The molecule has 90 valence electrons. The average Bonchev–Trinajstić information content (AvgIpc) is 3.02. The zero-order valence-electron chi connectivity index (χ0n) is 9.94. The van der Waals surface area contributed by atoms with Gasteiger partial charge in [-0.15, -0.1) is 0 Å². The second-order valence-electron chi connectivity index (χ2n) is 4.16. The zero-order chi connectivity index (χ0) is 12.5. The van der Waals surface area contributed by atoms with Crippen molar-refractivity contribution in [1.29, 1.82) is 5.26 Å². The van der Waals surface area contributed by atoms with Crippen LogP contribution in [-0.2, 0) is 0 Å². The van der Waals surface area contributed by atoms with Crippen molar-refractivity contribution in [3.63, 3.8) is 0 Å². The summed E-state index contributed by atoms with van der Waals surface area (Å²) >= 11 is 0. The van der Waals surface area contributed by atoms with Gasteiger partial charge in [0.2, 0.25) is 5.82 Å². The molecule has 0 spiro atoms. The second-order valence-corrected chi connectivity index (χ2v) is 4.16. The van der Waals surface area contributed by atoms with Crippen LogP contribution in [-0.4, -0.2) is 34.4 Å². The van der Waals surface area contributed by atoms with Crippen LogP contribution in [0.5, 0.6) is 0 Å². The summed E-state index contributed by atoms with van der Waals surface area (Å²) in [6, 6.07) is 5.92. The van der Waals surface area contributed by atoms with E-state index in [0.29, 0.717) is 5.82 Å². The number of aromatic amines is 1. The van der Waals surface area contributed by atoms with Crippen molar-refractivity contribution in [3.8, 4) is 6.07 Å². The summed E-state index contributed by atoms with van der Waals surface area (Å²) in [5, 5.41) is 10.8. The molecule has 18 heavy (non-hydrogen) atoms. The molecule has 0 fully saturated rings. The fraction of sp³-hybridized carbons (Fsp3) is 0.250. The maximum Gasteiger partial charge on any atom is 0.211 e. The van der Waals surface area contributed by atoms with Crippen LogP contribution in [0.15, 0.2) is 17.1 Å². The number of nitrogens with one attached hydrogen (secondary N) is 2. The van der Waals surface area contributed by atoms with Gasteiger partial charge in [0, 0.05) is 5.56 Å². The molecule has 1 aromatic heterocycles. The van der Waals surface area contributed by atoms with Gasteiger partial charge < -0.3 is 4.98 Å². The Bertz CT molecular complexity index is 663. The van der Waals surface area contributed by atoms with Gasteiger partial charge >= 0.3 is 0 Å². The summed E-state index contributed by atoms with van der Waals surface area (Å²) < 4.78 is 0. The molecule has 0 unspecified atom stereocenters. The average molecular weight is 240 g/mol. The molecule has 0 saturated heterocycles. The number of hydrazine groups is 1. The lowest BCUT2D eigenvalue weighted by atomic mass is 10.1. The summed E-state index contributed by atoms with van der Waals surface area (Å²) in [6.07, 6.45) is 1.79. The normalized spacial score (nSPS) is 14.1. The molecule has 6 nitrogen and oxygen atoms in total. The van der Waals surface area contributed by atoms with Gasteiger partial charge in [-0.25, -0.2) is 4.98 Å². The number of fused-ring (bicyclic) bond motifs is 1. The smallest absolute Gasteiger partial charge is 0.211 e. The molecule has 2 N–H and O–H groups in total. The van der Waals surface area contributed by atoms with E-state index in [1.807, 2.05) is 30.1 Å². The highest BCUT2D eigenvalue weighted by molar-refractivity contribution is 5.84. The topological polar surface area (TPSA) is 80.1 Å². The number of aromatic nitrogens is 2. The highest BCUT2D eigenvalue weighted by Gasteiger charge is 2.11. The van der Waals surface area contributed by atoms with Gasteiger partial charge in [-0.3, -0.25) is 15.4 Å². The van der Waals surface area contributed by atoms with Crippen molar-refractivity contribution in [2.24, 2.45) is 4.99 Å². The number of imidazole rings is 1. The van der Waals surface area contributed by atoms with E-state index in [-0.39, 0.29) is 0 Å². The quantitative estimate of drug-likeness (QED) is 0.831. The third kappa shape index (κ3) is 1.66. The fourth-order valence-corrected chi connectivity index (χ4v) is 2.01. The molecule has 0 aliphatic carbocycles. The third-order valence-corrected chi connectivity index (χ3v) is 2.97. The van der Waals surface area contributed by atoms with Gasteiger partial charge in [0.25, 0.3) is 0 Å². The van der Waals surface area contributed by atoms with Gasteiger partial charge in [0.1, 0.15) is 12.4 Å². The molecule has 2 heterocycles. The number of benzene rings is 1. The largest absolute Gasteiger partial charge is 0.329 e. The van der Waals surface area contributed by atoms with Crippen LogP contribution < -0.4 is 5.43 Å². The molecule has 6 heteroatoms. The first-order valence-corrected chi connectivity index (χ1v) is 5.70. The van der Waals surface area contributed by atoms with Crippen LogP contribution in [0.1, 0.15) is 11.4 Å². The zero-order valence-corrected chi connectivity index (χ0v) is 9.94. The van der Waals surface area contributed by atoms with E-state index in [1.165, 1.54) is 0 Å². The predicted octanol–water partition coefficient (Wildman–Crippen LogP) is 1.41. The van der Waals surface area contributed by atoms with Crippen molar-refractivity contribution in [1.82, 2.24) is 15.0 Å². The lowest BCUT2D eigenvalue weighted by molar-refractivity contribution is 0.557. The molecular weight excluding hydrogens is 228 g/mol. The Labute approximate surface area is 104 Å². The summed E-state index contributed by atoms with van der Waals surface area (Å²) in [5.74, 6) is 0.341. The maximum absolute atomic E-state index is 8.84. The van der Waals surface area contributed by atoms with Gasteiger partial charge in [-0.1, -0.05) is 0 Å². The van der Waals surface area contributed by atoms with E-state index in [0.717, 1.165) is 35.4 Å². The van der Waals surface area contributed by atoms with Gasteiger partial charge in [0.15, 0.2) is 0 Å². The second kappa shape index (κ2) is 4.04. The Kier molecular flexibility index (Phi) is 2.38. The number of nitriles is 1. The van der Waals surface area contributed by atoms with Gasteiger partial charge in [-0.2, -0.15) is 5.26 Å². The van der Waals surface area contributed by atoms with E-state index in [1.54, 1.807) is 6.34 Å². The minimum atomic E-state index is 0.341. The van der Waals surface area contributed by atoms with Crippen LogP contribution in [0, 0.1) is 18.3 Å². The summed E-state index contributed by atoms with van der Waals surface area (Å²) in [5.41, 5.74) is 6.98. The van der Waals surface area contributed by atoms with E-state index in [4.69, 9.17) is 5.26 Å². The lowest BCUT2D eigenvalue weighted by Gasteiger charge is -2.18. The lowest BCUT2D eigenvalue weighted by Crippen LogP contribution is -2.26. The molecule has 1 aromatic carbocycles. The van der Waals surface area contributed by atoms with Crippen LogP contribution >= 0.6 is 0 Å². The standard InChI is InChI=1S/C12H12N6/c1-8-9(17-18-5-4-14-7-18)2-3-10-12(8)16-11(6-13)15-10/h2-3,7,17H,4-5H2,1H3,(H,15,16). The number of hydrogen-bond acceptors (Lipinski definition) is 5. The Morgan fingerprint density at radius 2 is 2.39 bits per heavy atom. The molecule has 0 amide bonds. The highest BCUT2D eigenvalue weighted by atomic mass is 15.5. The van der Waals surface area contributed by atoms with Crippen LogP contribution in [0.25, 0.3) is 11.0 Å². The van der Waals surface area contributed by atoms with Crippen molar-refractivity contribution in [2.75, 3.05) is 18.5 Å². The van der Waals surface area contributed by atoms with Crippen LogP contribution in [0.2, 0.25) is 0 Å². The molecule has 1 aliphatic rings. The van der Waals surface area contributed by atoms with E-state index in [2.05, 4.69) is 20.4 Å². The number of nitrogens with zero attached hydrogens (tertiary/aromatic N) is 4. The fourth-order valence-electron chi connectivity index (χ4n) is 2.01. The highest BCUT2D eigenvalue weighted by Crippen LogP contribution is 2.24. The molecule has 0 atom stereocenters. The molecule has 0 bridgehead atoms. The molecule has 2 aromatic rings. The summed E-state index contributed by atoms with van der Waals surface area (Å²) in [4.78, 5) is 11.4. The van der Waals surface area contributed by atoms with Gasteiger partial charge in [0.05, 0.1) is 29.8 Å².